The fourth-order valence-electron chi connectivity index (χ4n) is 3.14. The summed E-state index contributed by atoms with van der Waals surface area (Å²) in [5, 5.41) is 2.20. The van der Waals surface area contributed by atoms with Gasteiger partial charge < -0.3 is 4.90 Å². The predicted octanol–water partition coefficient (Wildman–Crippen LogP) is 3.00. The fourth-order valence-corrected chi connectivity index (χ4v) is 4.86. The molecule has 2 aromatic rings. The van der Waals surface area contributed by atoms with Crippen molar-refractivity contribution in [1.82, 2.24) is 9.80 Å². The van der Waals surface area contributed by atoms with Crippen LogP contribution in [0.5, 0.6) is 0 Å². The van der Waals surface area contributed by atoms with Gasteiger partial charge in [0.05, 0.1) is 4.88 Å². The largest absolute Gasteiger partial charge is 0.335 e. The van der Waals surface area contributed by atoms with E-state index in [-0.39, 0.29) is 5.91 Å². The van der Waals surface area contributed by atoms with Gasteiger partial charge in [0.15, 0.2) is 0 Å². The highest BCUT2D eigenvalue weighted by atomic mass is 32.1. The number of nitrogens with zero attached hydrogens (tertiary/aromatic N) is 2. The van der Waals surface area contributed by atoms with E-state index in [9.17, 15) is 4.79 Å². The van der Waals surface area contributed by atoms with Crippen LogP contribution in [-0.4, -0.2) is 41.4 Å². The summed E-state index contributed by atoms with van der Waals surface area (Å²) >= 11 is 3.48. The van der Waals surface area contributed by atoms with E-state index >= 15 is 0 Å². The normalized spacial score (nSPS) is 19.4. The van der Waals surface area contributed by atoms with Crippen molar-refractivity contribution in [1.29, 1.82) is 0 Å². The average Bonchev–Trinajstić information content (AvgIpc) is 3.04. The maximum Gasteiger partial charge on any atom is 0.264 e. The fraction of sp³-hybridized carbons (Fsp3) is 0.438. The standard InChI is InChI=1S/C16H18N2OS2/c1-11-2-3-15(21-11)16(19)18-9-13(10-18)17-6-4-14-12(8-17)5-7-20-14/h2-3,5,7,13H,4,6,8-10H2,1H3. The lowest BCUT2D eigenvalue weighted by Gasteiger charge is -2.46. The SMILES string of the molecule is Cc1ccc(C(=O)N2CC(N3CCc4sccc4C3)C2)s1. The van der Waals surface area contributed by atoms with Crippen molar-refractivity contribution in [2.24, 2.45) is 0 Å². The Kier molecular flexibility index (Phi) is 3.36. The molecule has 21 heavy (non-hydrogen) atoms. The molecule has 0 aliphatic carbocycles. The van der Waals surface area contributed by atoms with Crippen LogP contribution in [0.25, 0.3) is 0 Å². The number of carbonyl (C=O) groups is 1. The molecule has 0 atom stereocenters. The minimum absolute atomic E-state index is 0.206. The Morgan fingerprint density at radius 3 is 2.90 bits per heavy atom. The monoisotopic (exact) mass is 318 g/mol. The molecule has 0 radical (unpaired) electrons. The molecule has 0 spiro atoms. The van der Waals surface area contributed by atoms with Gasteiger partial charge in [0.1, 0.15) is 0 Å². The van der Waals surface area contributed by atoms with E-state index in [1.807, 2.05) is 35.3 Å². The van der Waals surface area contributed by atoms with Crippen LogP contribution in [0.4, 0.5) is 0 Å². The van der Waals surface area contributed by atoms with Crippen LogP contribution in [-0.2, 0) is 13.0 Å². The van der Waals surface area contributed by atoms with Crippen molar-refractivity contribution < 1.29 is 4.79 Å². The van der Waals surface area contributed by atoms with E-state index in [1.54, 1.807) is 16.2 Å². The lowest BCUT2D eigenvalue weighted by atomic mass is 10.0. The zero-order valence-electron chi connectivity index (χ0n) is 12.0. The van der Waals surface area contributed by atoms with Crippen LogP contribution in [0, 0.1) is 6.92 Å². The second kappa shape index (κ2) is 5.23. The molecule has 0 aromatic carbocycles. The zero-order chi connectivity index (χ0) is 14.4. The number of aryl methyl sites for hydroxylation is 1. The molecule has 0 N–H and O–H groups in total. The quantitative estimate of drug-likeness (QED) is 0.850. The Morgan fingerprint density at radius 2 is 2.14 bits per heavy atom. The molecule has 2 aliphatic rings. The van der Waals surface area contributed by atoms with Gasteiger partial charge in [-0.15, -0.1) is 22.7 Å². The first-order chi connectivity index (χ1) is 10.2. The van der Waals surface area contributed by atoms with Crippen LogP contribution in [0.3, 0.4) is 0 Å². The van der Waals surface area contributed by atoms with Gasteiger partial charge in [-0.1, -0.05) is 0 Å². The summed E-state index contributed by atoms with van der Waals surface area (Å²) in [6.45, 7) is 6.01. The van der Waals surface area contributed by atoms with E-state index in [1.165, 1.54) is 16.9 Å². The first kappa shape index (κ1) is 13.5. The number of hydrogen-bond acceptors (Lipinski definition) is 4. The maximum atomic E-state index is 12.3. The third-order valence-electron chi connectivity index (χ3n) is 4.45. The average molecular weight is 318 g/mol. The van der Waals surface area contributed by atoms with Crippen molar-refractivity contribution in [3.63, 3.8) is 0 Å². The molecule has 0 saturated carbocycles. The molecule has 2 aliphatic heterocycles. The van der Waals surface area contributed by atoms with Gasteiger partial charge in [-0.2, -0.15) is 0 Å². The minimum atomic E-state index is 0.206. The molecule has 0 bridgehead atoms. The Hall–Kier alpha value is -1.17. The molecular formula is C16H18N2OS2. The molecule has 1 fully saturated rings. The number of rotatable bonds is 2. The van der Waals surface area contributed by atoms with Crippen LogP contribution in [0.2, 0.25) is 0 Å². The number of likely N-dealkylation sites (tertiary alicyclic amines) is 1. The van der Waals surface area contributed by atoms with Crippen molar-refractivity contribution in [3.05, 3.63) is 43.8 Å². The second-order valence-corrected chi connectivity index (χ2v) is 8.15. The molecule has 1 saturated heterocycles. The summed E-state index contributed by atoms with van der Waals surface area (Å²) in [7, 11) is 0. The van der Waals surface area contributed by atoms with Gasteiger partial charge in [-0.25, -0.2) is 0 Å². The molecule has 5 heteroatoms. The molecule has 4 heterocycles. The first-order valence-electron chi connectivity index (χ1n) is 7.36. The molecule has 4 rings (SSSR count). The third kappa shape index (κ3) is 2.43. The van der Waals surface area contributed by atoms with Crippen LogP contribution < -0.4 is 0 Å². The van der Waals surface area contributed by atoms with Gasteiger partial charge in [0.25, 0.3) is 5.91 Å². The topological polar surface area (TPSA) is 23.6 Å². The van der Waals surface area contributed by atoms with E-state index in [4.69, 9.17) is 0 Å². The van der Waals surface area contributed by atoms with E-state index in [2.05, 4.69) is 16.3 Å². The van der Waals surface area contributed by atoms with Gasteiger partial charge in [0.2, 0.25) is 0 Å². The Morgan fingerprint density at radius 1 is 1.29 bits per heavy atom. The third-order valence-corrected chi connectivity index (χ3v) is 6.47. The summed E-state index contributed by atoms with van der Waals surface area (Å²) < 4.78 is 0. The predicted molar refractivity (Wildman–Crippen MR) is 87.2 cm³/mol. The number of amides is 1. The number of hydrogen-bond donors (Lipinski definition) is 0. The summed E-state index contributed by atoms with van der Waals surface area (Å²) in [5.41, 5.74) is 1.49. The number of fused-ring (bicyclic) bond motifs is 1. The van der Waals surface area contributed by atoms with E-state index in [0.29, 0.717) is 6.04 Å². The Balaban J connectivity index is 1.36. The summed E-state index contributed by atoms with van der Waals surface area (Å²) in [4.78, 5) is 20.5. The van der Waals surface area contributed by atoms with Crippen molar-refractivity contribution >= 4 is 28.6 Å². The summed E-state index contributed by atoms with van der Waals surface area (Å²) in [6, 6.07) is 6.77. The van der Waals surface area contributed by atoms with Crippen LogP contribution >= 0.6 is 22.7 Å². The van der Waals surface area contributed by atoms with Crippen molar-refractivity contribution in [3.8, 4) is 0 Å². The Bertz CT molecular complexity index is 669. The highest BCUT2D eigenvalue weighted by Gasteiger charge is 2.36. The van der Waals surface area contributed by atoms with Crippen molar-refractivity contribution in [2.45, 2.75) is 25.9 Å². The summed E-state index contributed by atoms with van der Waals surface area (Å²) in [6.07, 6.45) is 1.17. The van der Waals surface area contributed by atoms with E-state index < -0.39 is 0 Å². The smallest absolute Gasteiger partial charge is 0.264 e. The second-order valence-electron chi connectivity index (χ2n) is 5.86. The Labute approximate surface area is 132 Å². The van der Waals surface area contributed by atoms with Gasteiger partial charge >= 0.3 is 0 Å². The number of carbonyl (C=O) groups excluding carboxylic acids is 1. The zero-order valence-corrected chi connectivity index (χ0v) is 13.7. The molecule has 3 nitrogen and oxygen atoms in total. The highest BCUT2D eigenvalue weighted by molar-refractivity contribution is 7.13. The lowest BCUT2D eigenvalue weighted by Crippen LogP contribution is -2.61. The highest BCUT2D eigenvalue weighted by Crippen LogP contribution is 2.28. The van der Waals surface area contributed by atoms with Crippen LogP contribution in [0.1, 0.15) is 25.0 Å². The van der Waals surface area contributed by atoms with Gasteiger partial charge in [-0.3, -0.25) is 9.69 Å². The molecule has 0 unspecified atom stereocenters. The lowest BCUT2D eigenvalue weighted by molar-refractivity contribution is 0.0224. The minimum Gasteiger partial charge on any atom is -0.335 e. The molecule has 2 aromatic heterocycles. The van der Waals surface area contributed by atoms with Gasteiger partial charge in [-0.05, 0) is 42.5 Å². The maximum absolute atomic E-state index is 12.3. The molecule has 1 amide bonds. The molecule has 110 valence electrons. The molecular weight excluding hydrogens is 300 g/mol. The van der Waals surface area contributed by atoms with Crippen LogP contribution in [0.15, 0.2) is 23.6 Å². The first-order valence-corrected chi connectivity index (χ1v) is 9.05. The summed E-state index contributed by atoms with van der Waals surface area (Å²) in [5.74, 6) is 0.206. The number of thiophene rings is 2. The van der Waals surface area contributed by atoms with Gasteiger partial charge in [0, 0.05) is 42.0 Å². The van der Waals surface area contributed by atoms with Crippen molar-refractivity contribution in [2.75, 3.05) is 19.6 Å². The van der Waals surface area contributed by atoms with E-state index in [0.717, 1.165) is 31.1 Å².